The smallest absolute Gasteiger partial charge is 0.408 e. The highest BCUT2D eigenvalue weighted by atomic mass is 16.6. The van der Waals surface area contributed by atoms with Gasteiger partial charge in [-0.3, -0.25) is 4.79 Å². The van der Waals surface area contributed by atoms with Gasteiger partial charge in [-0.1, -0.05) is 4.90 Å². The Bertz CT molecular complexity index is 420. The van der Waals surface area contributed by atoms with Gasteiger partial charge >= 0.3 is 12.0 Å². The minimum atomic E-state index is -0.683. The number of hydrogen-bond donors (Lipinski definition) is 2. The highest BCUT2D eigenvalue weighted by Gasteiger charge is 2.44. The molecule has 1 aliphatic rings. The number of nitrogens with two attached hydrogens (primary N) is 1. The molecule has 0 aliphatic carbocycles. The number of likely N-dealkylation sites (tertiary alicyclic amines) is 1. The van der Waals surface area contributed by atoms with Gasteiger partial charge in [-0.05, 0) is 46.6 Å². The summed E-state index contributed by atoms with van der Waals surface area (Å²) in [5.74, 6) is -0.220. The predicted molar refractivity (Wildman–Crippen MR) is 87.2 cm³/mol. The number of hydrogen-bond acceptors (Lipinski definition) is 5. The normalized spacial score (nSPS) is 20.1. The Kier molecular flexibility index (Phi) is 7.64. The van der Waals surface area contributed by atoms with Crippen LogP contribution in [-0.2, 0) is 14.3 Å². The van der Waals surface area contributed by atoms with Crippen LogP contribution in [0.5, 0.6) is 0 Å². The Hall–Kier alpha value is -1.47. The monoisotopic (exact) mass is 327 g/mol. The van der Waals surface area contributed by atoms with Crippen molar-refractivity contribution < 1.29 is 19.1 Å². The third kappa shape index (κ3) is 6.66. The number of nitrogens with one attached hydrogen (secondary N) is 1. The molecular formula is C16H29N3O4+. The SMILES string of the molecule is CC(C)(C)OC(=O)N[C@@H](CCCCN)C(=O)[N+]1CCC[C@H]1C=O. The van der Waals surface area contributed by atoms with E-state index in [2.05, 4.69) is 5.32 Å². The van der Waals surface area contributed by atoms with Gasteiger partial charge in [0.15, 0.2) is 18.4 Å². The van der Waals surface area contributed by atoms with Gasteiger partial charge in [-0.15, -0.1) is 0 Å². The van der Waals surface area contributed by atoms with Crippen molar-refractivity contribution in [3.8, 4) is 0 Å². The lowest BCUT2D eigenvalue weighted by atomic mass is 10.1. The van der Waals surface area contributed by atoms with Gasteiger partial charge < -0.3 is 15.8 Å². The van der Waals surface area contributed by atoms with Gasteiger partial charge in [0, 0.05) is 12.8 Å². The average molecular weight is 327 g/mol. The molecular weight excluding hydrogens is 298 g/mol. The van der Waals surface area contributed by atoms with Gasteiger partial charge in [0.25, 0.3) is 0 Å². The van der Waals surface area contributed by atoms with Gasteiger partial charge in [0.1, 0.15) is 12.1 Å². The fourth-order valence-electron chi connectivity index (χ4n) is 2.61. The molecule has 2 atom stereocenters. The Morgan fingerprint density at radius 3 is 2.65 bits per heavy atom. The maximum absolute atomic E-state index is 12.7. The van der Waals surface area contributed by atoms with Crippen molar-refractivity contribution >= 4 is 18.3 Å². The first-order chi connectivity index (χ1) is 10.8. The molecule has 7 heteroatoms. The first-order valence-electron chi connectivity index (χ1n) is 8.24. The van der Waals surface area contributed by atoms with Crippen molar-refractivity contribution in [2.24, 2.45) is 5.73 Å². The zero-order chi connectivity index (χ0) is 17.5. The van der Waals surface area contributed by atoms with E-state index >= 15 is 0 Å². The Morgan fingerprint density at radius 1 is 1.39 bits per heavy atom. The molecule has 2 amide bonds. The number of unbranched alkanes of at least 4 members (excludes halogenated alkanes) is 1. The van der Waals surface area contributed by atoms with Crippen molar-refractivity contribution in [3.05, 3.63) is 0 Å². The lowest BCUT2D eigenvalue weighted by Crippen LogP contribution is -2.54. The fraction of sp³-hybridized carbons (Fsp3) is 0.812. The Labute approximate surface area is 137 Å². The maximum Gasteiger partial charge on any atom is 0.408 e. The molecule has 1 heterocycles. The Morgan fingerprint density at radius 2 is 2.09 bits per heavy atom. The van der Waals surface area contributed by atoms with Crippen LogP contribution in [-0.4, -0.2) is 49.1 Å². The molecule has 1 radical (unpaired) electrons. The lowest BCUT2D eigenvalue weighted by molar-refractivity contribution is -0.130. The highest BCUT2D eigenvalue weighted by molar-refractivity contribution is 5.90. The number of amides is 2. The second kappa shape index (κ2) is 8.98. The summed E-state index contributed by atoms with van der Waals surface area (Å²) < 4.78 is 5.23. The number of carbonyl (C=O) groups excluding carboxylic acids is 3. The molecule has 7 nitrogen and oxygen atoms in total. The van der Waals surface area contributed by atoms with Crippen molar-refractivity contribution in [1.82, 2.24) is 10.2 Å². The van der Waals surface area contributed by atoms with Gasteiger partial charge in [-0.25, -0.2) is 9.59 Å². The largest absolute Gasteiger partial charge is 0.444 e. The highest BCUT2D eigenvalue weighted by Crippen LogP contribution is 2.16. The second-order valence-electron chi connectivity index (χ2n) is 6.86. The zero-order valence-corrected chi connectivity index (χ0v) is 14.3. The quantitative estimate of drug-likeness (QED) is 0.413. The number of rotatable bonds is 7. The molecule has 0 aromatic heterocycles. The lowest BCUT2D eigenvalue weighted by Gasteiger charge is -2.23. The van der Waals surface area contributed by atoms with Crippen LogP contribution in [0.2, 0.25) is 0 Å². The van der Waals surface area contributed by atoms with Crippen LogP contribution in [0.4, 0.5) is 4.79 Å². The van der Waals surface area contributed by atoms with Gasteiger partial charge in [0.05, 0.1) is 0 Å². The summed E-state index contributed by atoms with van der Waals surface area (Å²) >= 11 is 0. The third-order valence-electron chi connectivity index (χ3n) is 3.68. The average Bonchev–Trinajstić information content (AvgIpc) is 2.92. The van der Waals surface area contributed by atoms with Crippen LogP contribution in [0, 0.1) is 0 Å². The summed E-state index contributed by atoms with van der Waals surface area (Å²) in [7, 11) is 0. The van der Waals surface area contributed by atoms with E-state index in [-0.39, 0.29) is 11.9 Å². The van der Waals surface area contributed by atoms with Crippen LogP contribution in [0.3, 0.4) is 0 Å². The summed E-state index contributed by atoms with van der Waals surface area (Å²) in [5.41, 5.74) is 4.86. The van der Waals surface area contributed by atoms with E-state index in [9.17, 15) is 14.4 Å². The summed E-state index contributed by atoms with van der Waals surface area (Å²) in [6.45, 7) is 6.38. The molecule has 1 fully saturated rings. The van der Waals surface area contributed by atoms with E-state index < -0.39 is 17.7 Å². The molecule has 1 rings (SSSR count). The van der Waals surface area contributed by atoms with Crippen LogP contribution >= 0.6 is 0 Å². The van der Waals surface area contributed by atoms with Crippen molar-refractivity contribution in [2.45, 2.75) is 70.6 Å². The summed E-state index contributed by atoms with van der Waals surface area (Å²) in [6, 6.07) is -1.07. The molecule has 0 unspecified atom stereocenters. The van der Waals surface area contributed by atoms with Crippen molar-refractivity contribution in [1.29, 1.82) is 0 Å². The standard InChI is InChI=1S/C16H29N3O4/c1-16(2,3)23-15(22)18-13(8-4-5-9-17)14(21)19-10-6-7-12(19)11-20/h11-13H,4-10,17H2,1-3H3,(H,18,22)/q+1/t12-,13-/m0/s1. The second-order valence-corrected chi connectivity index (χ2v) is 6.86. The van der Waals surface area contributed by atoms with Crippen molar-refractivity contribution in [2.75, 3.05) is 13.1 Å². The summed E-state index contributed by atoms with van der Waals surface area (Å²) in [5, 5.41) is 2.64. The van der Waals surface area contributed by atoms with E-state index in [0.29, 0.717) is 25.9 Å². The first kappa shape index (κ1) is 19.6. The van der Waals surface area contributed by atoms with Gasteiger partial charge in [0.2, 0.25) is 0 Å². The molecule has 0 bridgehead atoms. The number of aldehydes is 1. The van der Waals surface area contributed by atoms with Crippen LogP contribution < -0.4 is 16.0 Å². The number of carbonyl (C=O) groups is 3. The minimum Gasteiger partial charge on any atom is -0.444 e. The molecule has 0 aromatic carbocycles. The van der Waals surface area contributed by atoms with Gasteiger partial charge in [-0.2, -0.15) is 0 Å². The molecule has 0 spiro atoms. The molecule has 0 saturated carbocycles. The molecule has 1 saturated heterocycles. The Balaban J connectivity index is 2.72. The van der Waals surface area contributed by atoms with Crippen LogP contribution in [0.1, 0.15) is 52.9 Å². The van der Waals surface area contributed by atoms with E-state index in [1.54, 1.807) is 25.7 Å². The van der Waals surface area contributed by atoms with E-state index in [0.717, 1.165) is 25.5 Å². The van der Waals surface area contributed by atoms with E-state index in [1.165, 1.54) is 0 Å². The zero-order valence-electron chi connectivity index (χ0n) is 14.3. The van der Waals surface area contributed by atoms with Crippen LogP contribution in [0.15, 0.2) is 0 Å². The number of nitrogens with zero attached hydrogens (tertiary/aromatic N) is 1. The molecule has 131 valence electrons. The third-order valence-corrected chi connectivity index (χ3v) is 3.68. The number of ether oxygens (including phenoxy) is 1. The van der Waals surface area contributed by atoms with E-state index in [4.69, 9.17) is 10.5 Å². The number of alkyl carbamates (subject to hydrolysis) is 1. The van der Waals surface area contributed by atoms with Crippen LogP contribution in [0.25, 0.3) is 0 Å². The first-order valence-corrected chi connectivity index (χ1v) is 8.24. The van der Waals surface area contributed by atoms with Crippen molar-refractivity contribution in [3.63, 3.8) is 0 Å². The summed E-state index contributed by atoms with van der Waals surface area (Å²) in [6.07, 6.45) is 3.64. The van der Waals surface area contributed by atoms with E-state index in [1.807, 2.05) is 0 Å². The summed E-state index contributed by atoms with van der Waals surface area (Å²) in [4.78, 5) is 37.3. The predicted octanol–water partition coefficient (Wildman–Crippen LogP) is 1.04. The molecule has 23 heavy (non-hydrogen) atoms. The fourth-order valence-corrected chi connectivity index (χ4v) is 2.61. The topological polar surface area (TPSA) is 104 Å². The molecule has 0 aromatic rings. The molecule has 3 N–H and O–H groups in total. The minimum absolute atomic E-state index is 0.220. The maximum atomic E-state index is 12.7. The molecule has 1 aliphatic heterocycles.